The number of likely N-dealkylation sites (tertiary alicyclic amines) is 1. The molecule has 1 saturated heterocycles. The number of nitrogens with one attached hydrogen (secondary N) is 1. The van der Waals surface area contributed by atoms with Gasteiger partial charge < -0.3 is 15.1 Å². The lowest BCUT2D eigenvalue weighted by atomic mass is 10.0. The summed E-state index contributed by atoms with van der Waals surface area (Å²) in [5.74, 6) is 1.02. The SMILES string of the molecule is CN(C)CCCC(=O)Nc1ccc(C(=O)N2CC[C@H](Cc3nccc(-c4c(-c5ccccc5)nn5ccccc45)n3)C2)cc1. The molecule has 9 nitrogen and oxygen atoms in total. The minimum absolute atomic E-state index is 0.00452. The van der Waals surface area contributed by atoms with Crippen LogP contribution in [0.25, 0.3) is 28.0 Å². The summed E-state index contributed by atoms with van der Waals surface area (Å²) in [5, 5.41) is 7.80. The van der Waals surface area contributed by atoms with Crippen molar-refractivity contribution in [2.24, 2.45) is 5.92 Å². The first-order valence-corrected chi connectivity index (χ1v) is 15.1. The van der Waals surface area contributed by atoms with E-state index in [-0.39, 0.29) is 17.7 Å². The van der Waals surface area contributed by atoms with Crippen LogP contribution in [0.5, 0.6) is 0 Å². The van der Waals surface area contributed by atoms with Gasteiger partial charge in [-0.1, -0.05) is 36.4 Å². The quantitative estimate of drug-likeness (QED) is 0.234. The Morgan fingerprint density at radius 1 is 0.977 bits per heavy atom. The number of benzene rings is 2. The van der Waals surface area contributed by atoms with Crippen LogP contribution in [0.15, 0.2) is 91.3 Å². The second-order valence-electron chi connectivity index (χ2n) is 11.6. The molecule has 9 heteroatoms. The minimum Gasteiger partial charge on any atom is -0.338 e. The number of rotatable bonds is 10. The number of pyridine rings is 1. The van der Waals surface area contributed by atoms with Gasteiger partial charge in [-0.15, -0.1) is 0 Å². The van der Waals surface area contributed by atoms with Gasteiger partial charge in [0, 0.05) is 55.1 Å². The Hall–Kier alpha value is -4.89. The minimum atomic E-state index is -0.0162. The lowest BCUT2D eigenvalue weighted by Crippen LogP contribution is -2.29. The molecule has 1 N–H and O–H groups in total. The molecule has 224 valence electrons. The number of hydrogen-bond acceptors (Lipinski definition) is 6. The standard InChI is InChI=1S/C35H37N7O2/c1-40(2)20-8-12-32(43)37-28-15-13-27(14-16-28)35(44)41-22-18-25(24-41)23-31-36-19-17-29(38-31)33-30-11-6-7-21-42(30)39-34(33)26-9-4-3-5-10-26/h3-7,9-11,13-17,19,21,25H,8,12,18,20,22-24H2,1-2H3,(H,37,43)/t25-/m1/s1. The monoisotopic (exact) mass is 587 g/mol. The van der Waals surface area contributed by atoms with Crippen LogP contribution < -0.4 is 5.32 Å². The fraction of sp³-hybridized carbons (Fsp3) is 0.286. The molecule has 0 saturated carbocycles. The highest BCUT2D eigenvalue weighted by molar-refractivity contribution is 5.96. The third-order valence-electron chi connectivity index (χ3n) is 8.02. The van der Waals surface area contributed by atoms with Crippen molar-refractivity contribution >= 4 is 23.0 Å². The van der Waals surface area contributed by atoms with Gasteiger partial charge in [0.15, 0.2) is 0 Å². The van der Waals surface area contributed by atoms with E-state index < -0.39 is 0 Å². The van der Waals surface area contributed by atoms with E-state index in [2.05, 4.69) is 33.4 Å². The topological polar surface area (TPSA) is 95.7 Å². The van der Waals surface area contributed by atoms with Gasteiger partial charge in [-0.3, -0.25) is 9.59 Å². The Balaban J connectivity index is 1.11. The summed E-state index contributed by atoms with van der Waals surface area (Å²) >= 11 is 0. The molecule has 0 radical (unpaired) electrons. The molecule has 5 aromatic rings. The van der Waals surface area contributed by atoms with Gasteiger partial charge in [0.2, 0.25) is 5.91 Å². The van der Waals surface area contributed by atoms with Crippen molar-refractivity contribution in [3.05, 3.63) is 103 Å². The van der Waals surface area contributed by atoms with E-state index in [1.807, 2.05) is 72.3 Å². The summed E-state index contributed by atoms with van der Waals surface area (Å²) in [5.41, 5.74) is 6.05. The lowest BCUT2D eigenvalue weighted by molar-refractivity contribution is -0.116. The number of hydrogen-bond donors (Lipinski definition) is 1. The molecule has 1 fully saturated rings. The van der Waals surface area contributed by atoms with Crippen LogP contribution in [0.4, 0.5) is 5.69 Å². The molecule has 3 aromatic heterocycles. The van der Waals surface area contributed by atoms with Gasteiger partial charge in [0.1, 0.15) is 11.5 Å². The van der Waals surface area contributed by atoms with Gasteiger partial charge in [0.25, 0.3) is 5.91 Å². The average Bonchev–Trinajstić information content (AvgIpc) is 3.66. The van der Waals surface area contributed by atoms with Gasteiger partial charge in [-0.05, 0) is 81.9 Å². The molecule has 0 aliphatic carbocycles. The normalized spacial score (nSPS) is 14.8. The Morgan fingerprint density at radius 3 is 2.57 bits per heavy atom. The molecule has 2 aromatic carbocycles. The molecule has 4 heterocycles. The number of fused-ring (bicyclic) bond motifs is 1. The summed E-state index contributed by atoms with van der Waals surface area (Å²) in [6.07, 6.45) is 6.63. The van der Waals surface area contributed by atoms with Crippen LogP contribution in [0, 0.1) is 5.92 Å². The summed E-state index contributed by atoms with van der Waals surface area (Å²) in [6.45, 7) is 2.22. The van der Waals surface area contributed by atoms with Crippen molar-refractivity contribution in [3.63, 3.8) is 0 Å². The smallest absolute Gasteiger partial charge is 0.253 e. The molecule has 2 amide bonds. The molecule has 1 aliphatic rings. The third kappa shape index (κ3) is 6.68. The first kappa shape index (κ1) is 29.2. The molecule has 44 heavy (non-hydrogen) atoms. The largest absolute Gasteiger partial charge is 0.338 e. The average molecular weight is 588 g/mol. The molecule has 1 aliphatic heterocycles. The molecular formula is C35H37N7O2. The van der Waals surface area contributed by atoms with Crippen molar-refractivity contribution in [1.82, 2.24) is 29.4 Å². The Bertz CT molecular complexity index is 1750. The predicted molar refractivity (Wildman–Crippen MR) is 172 cm³/mol. The van der Waals surface area contributed by atoms with Crippen LogP contribution in [-0.4, -0.2) is 74.9 Å². The van der Waals surface area contributed by atoms with Crippen LogP contribution in [0.2, 0.25) is 0 Å². The molecule has 6 rings (SSSR count). The Kier molecular flexibility index (Phi) is 8.74. The first-order valence-electron chi connectivity index (χ1n) is 15.1. The molecule has 0 unspecified atom stereocenters. The highest BCUT2D eigenvalue weighted by Crippen LogP contribution is 2.34. The van der Waals surface area contributed by atoms with Crippen molar-refractivity contribution in [2.75, 3.05) is 39.0 Å². The van der Waals surface area contributed by atoms with E-state index in [0.717, 1.165) is 53.2 Å². The zero-order valence-corrected chi connectivity index (χ0v) is 25.2. The third-order valence-corrected chi connectivity index (χ3v) is 8.02. The van der Waals surface area contributed by atoms with Crippen LogP contribution in [-0.2, 0) is 11.2 Å². The van der Waals surface area contributed by atoms with E-state index in [4.69, 9.17) is 10.1 Å². The summed E-state index contributed by atoms with van der Waals surface area (Å²) in [7, 11) is 3.99. The fourth-order valence-electron chi connectivity index (χ4n) is 5.79. The van der Waals surface area contributed by atoms with Crippen molar-refractivity contribution in [3.8, 4) is 22.5 Å². The van der Waals surface area contributed by atoms with E-state index in [1.165, 1.54) is 0 Å². The lowest BCUT2D eigenvalue weighted by Gasteiger charge is -2.17. The Morgan fingerprint density at radius 2 is 1.77 bits per heavy atom. The molecule has 0 bridgehead atoms. The summed E-state index contributed by atoms with van der Waals surface area (Å²) in [6, 6.07) is 25.3. The molecule has 0 spiro atoms. The van der Waals surface area contributed by atoms with Gasteiger partial charge >= 0.3 is 0 Å². The van der Waals surface area contributed by atoms with Crippen molar-refractivity contribution < 1.29 is 9.59 Å². The van der Waals surface area contributed by atoms with E-state index in [1.54, 1.807) is 24.3 Å². The molecular weight excluding hydrogens is 550 g/mol. The maximum atomic E-state index is 13.3. The number of nitrogens with zero attached hydrogens (tertiary/aromatic N) is 6. The summed E-state index contributed by atoms with van der Waals surface area (Å²) in [4.78, 5) is 39.1. The number of carbonyl (C=O) groups excluding carboxylic acids is 2. The van der Waals surface area contributed by atoms with E-state index >= 15 is 0 Å². The Labute approximate surface area is 257 Å². The summed E-state index contributed by atoms with van der Waals surface area (Å²) < 4.78 is 1.90. The van der Waals surface area contributed by atoms with Crippen LogP contribution in [0.1, 0.15) is 35.4 Å². The second-order valence-corrected chi connectivity index (χ2v) is 11.6. The van der Waals surface area contributed by atoms with Crippen LogP contribution >= 0.6 is 0 Å². The number of carbonyl (C=O) groups is 2. The van der Waals surface area contributed by atoms with Gasteiger partial charge in [-0.25, -0.2) is 14.5 Å². The fourth-order valence-corrected chi connectivity index (χ4v) is 5.79. The number of aromatic nitrogens is 4. The van der Waals surface area contributed by atoms with Crippen molar-refractivity contribution in [2.45, 2.75) is 25.7 Å². The predicted octanol–water partition coefficient (Wildman–Crippen LogP) is 5.44. The highest BCUT2D eigenvalue weighted by Gasteiger charge is 2.28. The second kappa shape index (κ2) is 13.2. The maximum Gasteiger partial charge on any atom is 0.253 e. The van der Waals surface area contributed by atoms with E-state index in [0.29, 0.717) is 37.2 Å². The highest BCUT2D eigenvalue weighted by atomic mass is 16.2. The van der Waals surface area contributed by atoms with Gasteiger partial charge in [0.05, 0.1) is 16.8 Å². The maximum absolute atomic E-state index is 13.3. The first-order chi connectivity index (χ1) is 21.4. The van der Waals surface area contributed by atoms with E-state index in [9.17, 15) is 9.59 Å². The number of amides is 2. The number of anilines is 1. The van der Waals surface area contributed by atoms with Crippen molar-refractivity contribution in [1.29, 1.82) is 0 Å². The van der Waals surface area contributed by atoms with Crippen LogP contribution in [0.3, 0.4) is 0 Å². The molecule has 1 atom stereocenters. The van der Waals surface area contributed by atoms with Gasteiger partial charge in [-0.2, -0.15) is 5.10 Å². The zero-order chi connectivity index (χ0) is 30.5. The zero-order valence-electron chi connectivity index (χ0n) is 25.2.